The van der Waals surface area contributed by atoms with Gasteiger partial charge in [-0.25, -0.2) is 9.59 Å². The first-order valence-electron chi connectivity index (χ1n) is 6.81. The number of carboxylic acid groups (broad SMARTS) is 1. The Morgan fingerprint density at radius 1 is 1.42 bits per heavy atom. The van der Waals surface area contributed by atoms with Crippen molar-refractivity contribution in [1.29, 1.82) is 0 Å². The van der Waals surface area contributed by atoms with Gasteiger partial charge >= 0.3 is 12.0 Å². The van der Waals surface area contributed by atoms with E-state index in [0.29, 0.717) is 32.0 Å². The standard InChI is InChI=1S/C13H25N3O3/c1-5-6-13(3,11(17)18)14-12(19)16-8-7-15(4)10(2)9-16/h10H,5-9H2,1-4H3,(H,14,19)(H,17,18). The van der Waals surface area contributed by atoms with E-state index < -0.39 is 11.5 Å². The summed E-state index contributed by atoms with van der Waals surface area (Å²) in [6, 6.07) is 0.0139. The van der Waals surface area contributed by atoms with E-state index in [0.717, 1.165) is 6.54 Å². The lowest BCUT2D eigenvalue weighted by molar-refractivity contribution is -0.144. The Labute approximate surface area is 114 Å². The monoisotopic (exact) mass is 271 g/mol. The molecular weight excluding hydrogens is 246 g/mol. The molecule has 0 aromatic carbocycles. The van der Waals surface area contributed by atoms with Gasteiger partial charge in [-0.3, -0.25) is 0 Å². The molecule has 0 radical (unpaired) electrons. The van der Waals surface area contributed by atoms with Gasteiger partial charge in [-0.05, 0) is 27.3 Å². The summed E-state index contributed by atoms with van der Waals surface area (Å²) in [6.07, 6.45) is 1.14. The first-order valence-corrected chi connectivity index (χ1v) is 6.81. The largest absolute Gasteiger partial charge is 0.480 e. The van der Waals surface area contributed by atoms with E-state index in [9.17, 15) is 14.7 Å². The zero-order chi connectivity index (χ0) is 14.6. The third-order valence-corrected chi connectivity index (χ3v) is 3.85. The first kappa shape index (κ1) is 15.8. The number of likely N-dealkylation sites (N-methyl/N-ethyl adjacent to an activating group) is 1. The molecule has 2 N–H and O–H groups in total. The van der Waals surface area contributed by atoms with Crippen molar-refractivity contribution in [3.05, 3.63) is 0 Å². The third-order valence-electron chi connectivity index (χ3n) is 3.85. The fraction of sp³-hybridized carbons (Fsp3) is 0.846. The second kappa shape index (κ2) is 6.23. The average Bonchev–Trinajstić information content (AvgIpc) is 2.32. The van der Waals surface area contributed by atoms with E-state index in [1.54, 1.807) is 11.8 Å². The van der Waals surface area contributed by atoms with E-state index in [4.69, 9.17) is 0 Å². The van der Waals surface area contributed by atoms with E-state index >= 15 is 0 Å². The predicted molar refractivity (Wildman–Crippen MR) is 73.1 cm³/mol. The minimum absolute atomic E-state index is 0.279. The maximum Gasteiger partial charge on any atom is 0.329 e. The summed E-state index contributed by atoms with van der Waals surface area (Å²) in [4.78, 5) is 27.4. The van der Waals surface area contributed by atoms with Gasteiger partial charge in [0.25, 0.3) is 0 Å². The highest BCUT2D eigenvalue weighted by atomic mass is 16.4. The molecule has 19 heavy (non-hydrogen) atoms. The van der Waals surface area contributed by atoms with Crippen LogP contribution in [0.5, 0.6) is 0 Å². The molecular formula is C13H25N3O3. The molecule has 6 heteroatoms. The summed E-state index contributed by atoms with van der Waals surface area (Å²) < 4.78 is 0. The third kappa shape index (κ3) is 3.83. The molecule has 0 aliphatic carbocycles. The van der Waals surface area contributed by atoms with Crippen molar-refractivity contribution in [1.82, 2.24) is 15.1 Å². The molecule has 1 fully saturated rings. The zero-order valence-electron chi connectivity index (χ0n) is 12.3. The molecule has 0 aromatic heterocycles. The second-order valence-electron chi connectivity index (χ2n) is 5.59. The van der Waals surface area contributed by atoms with Crippen molar-refractivity contribution < 1.29 is 14.7 Å². The Morgan fingerprint density at radius 2 is 2.05 bits per heavy atom. The zero-order valence-corrected chi connectivity index (χ0v) is 12.3. The van der Waals surface area contributed by atoms with Gasteiger partial charge in [0.05, 0.1) is 0 Å². The molecule has 1 rings (SSSR count). The van der Waals surface area contributed by atoms with Crippen LogP contribution in [-0.4, -0.2) is 65.2 Å². The SMILES string of the molecule is CCCC(C)(NC(=O)N1CCN(C)C(C)C1)C(=O)O. The number of aliphatic carboxylic acids is 1. The maximum absolute atomic E-state index is 12.2. The molecule has 2 amide bonds. The Bertz CT molecular complexity index is 348. The minimum Gasteiger partial charge on any atom is -0.480 e. The number of piperazine rings is 1. The van der Waals surface area contributed by atoms with E-state index in [2.05, 4.69) is 17.1 Å². The number of urea groups is 1. The van der Waals surface area contributed by atoms with E-state index in [-0.39, 0.29) is 6.03 Å². The molecule has 6 nitrogen and oxygen atoms in total. The van der Waals surface area contributed by atoms with Gasteiger partial charge in [-0.2, -0.15) is 0 Å². The molecule has 1 aliphatic heterocycles. The van der Waals surface area contributed by atoms with Crippen LogP contribution in [0.3, 0.4) is 0 Å². The van der Waals surface area contributed by atoms with Gasteiger partial charge in [0.15, 0.2) is 0 Å². The van der Waals surface area contributed by atoms with Crippen LogP contribution in [0.15, 0.2) is 0 Å². The van der Waals surface area contributed by atoms with Crippen LogP contribution in [0, 0.1) is 0 Å². The quantitative estimate of drug-likeness (QED) is 0.799. The number of carbonyl (C=O) groups excluding carboxylic acids is 1. The van der Waals surface area contributed by atoms with Crippen LogP contribution in [0.1, 0.15) is 33.6 Å². The van der Waals surface area contributed by atoms with Gasteiger partial charge < -0.3 is 20.2 Å². The summed E-state index contributed by atoms with van der Waals surface area (Å²) in [7, 11) is 2.03. The predicted octanol–water partition coefficient (Wildman–Crippen LogP) is 0.975. The molecule has 0 saturated carbocycles. The number of nitrogens with one attached hydrogen (secondary N) is 1. The number of carbonyl (C=O) groups is 2. The molecule has 110 valence electrons. The normalized spacial score (nSPS) is 23.8. The minimum atomic E-state index is -1.18. The van der Waals surface area contributed by atoms with Crippen molar-refractivity contribution >= 4 is 12.0 Å². The van der Waals surface area contributed by atoms with Crippen LogP contribution in [0.4, 0.5) is 4.79 Å². The lowest BCUT2D eigenvalue weighted by Crippen LogP contribution is -2.60. The molecule has 0 spiro atoms. The molecule has 0 bridgehead atoms. The lowest BCUT2D eigenvalue weighted by Gasteiger charge is -2.39. The van der Waals surface area contributed by atoms with E-state index in [1.165, 1.54) is 0 Å². The topological polar surface area (TPSA) is 72.9 Å². The number of hydrogen-bond acceptors (Lipinski definition) is 3. The highest BCUT2D eigenvalue weighted by molar-refractivity contribution is 5.85. The maximum atomic E-state index is 12.2. The van der Waals surface area contributed by atoms with Gasteiger partial charge in [0, 0.05) is 25.7 Å². The Kier molecular flexibility index (Phi) is 5.17. The van der Waals surface area contributed by atoms with Crippen molar-refractivity contribution in [2.45, 2.75) is 45.2 Å². The number of carboxylic acids is 1. The summed E-state index contributed by atoms with van der Waals surface area (Å²) in [5.41, 5.74) is -1.18. The smallest absolute Gasteiger partial charge is 0.329 e. The van der Waals surface area contributed by atoms with E-state index in [1.807, 2.05) is 14.0 Å². The van der Waals surface area contributed by atoms with Crippen molar-refractivity contribution in [2.75, 3.05) is 26.7 Å². The Hall–Kier alpha value is -1.30. The first-order chi connectivity index (χ1) is 8.80. The van der Waals surface area contributed by atoms with Gasteiger partial charge in [0.2, 0.25) is 0 Å². The van der Waals surface area contributed by atoms with Crippen LogP contribution in [0.25, 0.3) is 0 Å². The van der Waals surface area contributed by atoms with Crippen molar-refractivity contribution in [2.24, 2.45) is 0 Å². The molecule has 1 aliphatic rings. The highest BCUT2D eigenvalue weighted by Crippen LogP contribution is 2.14. The molecule has 2 atom stereocenters. The van der Waals surface area contributed by atoms with Crippen LogP contribution < -0.4 is 5.32 Å². The molecule has 0 aromatic rings. The van der Waals surface area contributed by atoms with Gasteiger partial charge in [-0.1, -0.05) is 13.3 Å². The van der Waals surface area contributed by atoms with Crippen molar-refractivity contribution in [3.8, 4) is 0 Å². The van der Waals surface area contributed by atoms with Crippen molar-refractivity contribution in [3.63, 3.8) is 0 Å². The molecule has 1 saturated heterocycles. The molecule has 1 heterocycles. The summed E-state index contributed by atoms with van der Waals surface area (Å²) in [5, 5.41) is 11.9. The fourth-order valence-electron chi connectivity index (χ4n) is 2.27. The highest BCUT2D eigenvalue weighted by Gasteiger charge is 2.36. The number of hydrogen-bond donors (Lipinski definition) is 2. The number of nitrogens with zero attached hydrogens (tertiary/aromatic N) is 2. The lowest BCUT2D eigenvalue weighted by atomic mass is 9.96. The summed E-state index contributed by atoms with van der Waals surface area (Å²) in [5.74, 6) is -0.982. The number of rotatable bonds is 4. The Morgan fingerprint density at radius 3 is 2.53 bits per heavy atom. The fourth-order valence-corrected chi connectivity index (χ4v) is 2.27. The molecule has 2 unspecified atom stereocenters. The average molecular weight is 271 g/mol. The van der Waals surface area contributed by atoms with Gasteiger partial charge in [-0.15, -0.1) is 0 Å². The van der Waals surface area contributed by atoms with Crippen LogP contribution in [-0.2, 0) is 4.79 Å². The Balaban J connectivity index is 2.65. The summed E-state index contributed by atoms with van der Waals surface area (Å²) in [6.45, 7) is 7.61. The second-order valence-corrected chi connectivity index (χ2v) is 5.59. The van der Waals surface area contributed by atoms with Crippen LogP contribution in [0.2, 0.25) is 0 Å². The number of amides is 2. The van der Waals surface area contributed by atoms with Crippen LogP contribution >= 0.6 is 0 Å². The van der Waals surface area contributed by atoms with Gasteiger partial charge in [0.1, 0.15) is 5.54 Å². The summed E-state index contributed by atoms with van der Waals surface area (Å²) >= 11 is 0.